The maximum Gasteiger partial charge on any atom is 0.255 e. The van der Waals surface area contributed by atoms with Crippen LogP contribution in [0.25, 0.3) is 0 Å². The Bertz CT molecular complexity index is 499. The second-order valence-corrected chi connectivity index (χ2v) is 5.76. The Balaban J connectivity index is 1.71. The zero-order valence-electron chi connectivity index (χ0n) is 10.4. The van der Waals surface area contributed by atoms with Gasteiger partial charge in [0.25, 0.3) is 5.91 Å². The minimum Gasteiger partial charge on any atom is -0.319 e. The molecule has 1 saturated carbocycles. The van der Waals surface area contributed by atoms with Crippen LogP contribution in [0.2, 0.25) is 0 Å². The molecule has 3 heteroatoms. The number of carbonyl (C=O) groups is 1. The summed E-state index contributed by atoms with van der Waals surface area (Å²) in [5.74, 6) is 0.875. The van der Waals surface area contributed by atoms with E-state index in [4.69, 9.17) is 0 Å². The number of rotatable bonds is 0. The van der Waals surface area contributed by atoms with Crippen molar-refractivity contribution in [3.8, 4) is 0 Å². The van der Waals surface area contributed by atoms with Gasteiger partial charge in [0.05, 0.1) is 0 Å². The lowest BCUT2D eigenvalue weighted by atomic mass is 9.82. The molecule has 2 aliphatic heterocycles. The maximum absolute atomic E-state index is 12.4. The summed E-state index contributed by atoms with van der Waals surface area (Å²) in [6.07, 6.45) is 5.32. The highest BCUT2D eigenvalue weighted by Crippen LogP contribution is 2.39. The Hall–Kier alpha value is -1.35. The number of nitrogens with one attached hydrogen (secondary N) is 1. The van der Waals surface area contributed by atoms with Gasteiger partial charge in [-0.05, 0) is 24.8 Å². The van der Waals surface area contributed by atoms with Crippen molar-refractivity contribution in [1.82, 2.24) is 10.2 Å². The molecule has 3 atom stereocenters. The lowest BCUT2D eigenvalue weighted by Gasteiger charge is -2.44. The molecule has 3 aliphatic rings. The molecule has 2 fully saturated rings. The molecule has 18 heavy (non-hydrogen) atoms. The molecule has 2 heterocycles. The molecule has 1 N–H and O–H groups in total. The van der Waals surface area contributed by atoms with E-state index in [0.717, 1.165) is 12.1 Å². The Labute approximate surface area is 107 Å². The summed E-state index contributed by atoms with van der Waals surface area (Å²) in [6.45, 7) is 0.940. The van der Waals surface area contributed by atoms with E-state index in [1.807, 2.05) is 23.1 Å². The van der Waals surface area contributed by atoms with Crippen molar-refractivity contribution < 1.29 is 4.79 Å². The third kappa shape index (κ3) is 1.37. The van der Waals surface area contributed by atoms with Crippen LogP contribution in [0.5, 0.6) is 0 Å². The van der Waals surface area contributed by atoms with Crippen LogP contribution in [0.3, 0.4) is 0 Å². The first-order chi connectivity index (χ1) is 8.84. The molecule has 94 valence electrons. The van der Waals surface area contributed by atoms with Gasteiger partial charge in [-0.1, -0.05) is 31.0 Å². The number of nitrogens with zero attached hydrogens (tertiary/aromatic N) is 1. The SMILES string of the molecule is O=C1c2ccccc2[C@@H]2N[C@@H]3CCCC[C@H]3CN12. The molecule has 0 radical (unpaired) electrons. The van der Waals surface area contributed by atoms with Gasteiger partial charge in [0, 0.05) is 23.7 Å². The second-order valence-electron chi connectivity index (χ2n) is 5.76. The molecule has 0 spiro atoms. The average Bonchev–Trinajstić information content (AvgIpc) is 2.71. The topological polar surface area (TPSA) is 32.3 Å². The quantitative estimate of drug-likeness (QED) is 0.757. The fourth-order valence-electron chi connectivity index (χ4n) is 3.84. The number of benzene rings is 1. The first-order valence-electron chi connectivity index (χ1n) is 7.00. The van der Waals surface area contributed by atoms with Crippen molar-refractivity contribution in [3.05, 3.63) is 35.4 Å². The molecule has 1 saturated heterocycles. The number of amides is 1. The average molecular weight is 242 g/mol. The molecule has 0 bridgehead atoms. The van der Waals surface area contributed by atoms with Crippen molar-refractivity contribution >= 4 is 5.91 Å². The third-order valence-electron chi connectivity index (χ3n) is 4.77. The van der Waals surface area contributed by atoms with E-state index in [2.05, 4.69) is 11.4 Å². The Morgan fingerprint density at radius 1 is 1.17 bits per heavy atom. The van der Waals surface area contributed by atoms with Crippen LogP contribution in [0.4, 0.5) is 0 Å². The summed E-state index contributed by atoms with van der Waals surface area (Å²) in [6, 6.07) is 8.65. The number of hydrogen-bond acceptors (Lipinski definition) is 2. The highest BCUT2D eigenvalue weighted by atomic mass is 16.2. The summed E-state index contributed by atoms with van der Waals surface area (Å²) in [5.41, 5.74) is 2.07. The molecule has 1 aromatic carbocycles. The van der Waals surface area contributed by atoms with E-state index in [9.17, 15) is 4.79 Å². The van der Waals surface area contributed by atoms with Crippen molar-refractivity contribution in [2.75, 3.05) is 6.54 Å². The molecule has 4 rings (SSSR count). The molecule has 1 aromatic rings. The predicted octanol–water partition coefficient (Wildman–Crippen LogP) is 2.30. The van der Waals surface area contributed by atoms with E-state index in [1.54, 1.807) is 0 Å². The molecule has 1 amide bonds. The van der Waals surface area contributed by atoms with Crippen molar-refractivity contribution in [2.45, 2.75) is 37.9 Å². The fourth-order valence-corrected chi connectivity index (χ4v) is 3.84. The summed E-state index contributed by atoms with van der Waals surface area (Å²) >= 11 is 0. The third-order valence-corrected chi connectivity index (χ3v) is 4.77. The van der Waals surface area contributed by atoms with Crippen LogP contribution in [-0.2, 0) is 0 Å². The normalized spacial score (nSPS) is 33.9. The van der Waals surface area contributed by atoms with E-state index in [0.29, 0.717) is 12.0 Å². The van der Waals surface area contributed by atoms with Gasteiger partial charge in [0.15, 0.2) is 0 Å². The zero-order valence-corrected chi connectivity index (χ0v) is 10.4. The Kier molecular flexibility index (Phi) is 2.24. The van der Waals surface area contributed by atoms with Crippen LogP contribution in [-0.4, -0.2) is 23.4 Å². The van der Waals surface area contributed by atoms with Gasteiger partial charge in [-0.3, -0.25) is 10.1 Å². The van der Waals surface area contributed by atoms with Crippen LogP contribution < -0.4 is 5.32 Å². The van der Waals surface area contributed by atoms with E-state index in [1.165, 1.54) is 31.2 Å². The highest BCUT2D eigenvalue weighted by molar-refractivity contribution is 5.99. The van der Waals surface area contributed by atoms with Crippen molar-refractivity contribution in [1.29, 1.82) is 0 Å². The van der Waals surface area contributed by atoms with Crippen LogP contribution in [0, 0.1) is 5.92 Å². The zero-order chi connectivity index (χ0) is 12.1. The summed E-state index contributed by atoms with van der Waals surface area (Å²) in [7, 11) is 0. The lowest BCUT2D eigenvalue weighted by Crippen LogP contribution is -2.55. The van der Waals surface area contributed by atoms with Crippen molar-refractivity contribution in [3.63, 3.8) is 0 Å². The van der Waals surface area contributed by atoms with E-state index in [-0.39, 0.29) is 12.1 Å². The van der Waals surface area contributed by atoms with Gasteiger partial charge in [0.2, 0.25) is 0 Å². The maximum atomic E-state index is 12.4. The number of hydrogen-bond donors (Lipinski definition) is 1. The summed E-state index contributed by atoms with van der Waals surface area (Å²) in [5, 5.41) is 3.71. The van der Waals surface area contributed by atoms with Crippen LogP contribution in [0.1, 0.15) is 47.8 Å². The van der Waals surface area contributed by atoms with Gasteiger partial charge >= 0.3 is 0 Å². The predicted molar refractivity (Wildman–Crippen MR) is 69.1 cm³/mol. The minimum absolute atomic E-state index is 0.132. The molecule has 3 nitrogen and oxygen atoms in total. The molecule has 0 aromatic heterocycles. The fraction of sp³-hybridized carbons (Fsp3) is 0.533. The largest absolute Gasteiger partial charge is 0.319 e. The highest BCUT2D eigenvalue weighted by Gasteiger charge is 2.44. The van der Waals surface area contributed by atoms with Gasteiger partial charge in [-0.15, -0.1) is 0 Å². The lowest BCUT2D eigenvalue weighted by molar-refractivity contribution is 0.0378. The van der Waals surface area contributed by atoms with Gasteiger partial charge in [-0.2, -0.15) is 0 Å². The molecular formula is C15H18N2O. The van der Waals surface area contributed by atoms with Gasteiger partial charge in [-0.25, -0.2) is 0 Å². The Morgan fingerprint density at radius 3 is 2.94 bits per heavy atom. The second kappa shape index (κ2) is 3.82. The molecule has 1 aliphatic carbocycles. The van der Waals surface area contributed by atoms with Crippen LogP contribution >= 0.6 is 0 Å². The number of carbonyl (C=O) groups excluding carboxylic acids is 1. The summed E-state index contributed by atoms with van der Waals surface area (Å²) in [4.78, 5) is 14.4. The smallest absolute Gasteiger partial charge is 0.255 e. The van der Waals surface area contributed by atoms with E-state index < -0.39 is 0 Å². The Morgan fingerprint density at radius 2 is 2.00 bits per heavy atom. The van der Waals surface area contributed by atoms with Gasteiger partial charge < -0.3 is 4.90 Å². The van der Waals surface area contributed by atoms with Crippen molar-refractivity contribution in [2.24, 2.45) is 5.92 Å². The monoisotopic (exact) mass is 242 g/mol. The standard InChI is InChI=1S/C15H18N2O/c18-15-12-7-3-2-6-11(12)14-16-13-8-4-1-5-10(13)9-17(14)15/h2-3,6-7,10,13-14,16H,1,4-5,8-9H2/t10-,13+,14+/m0/s1. The van der Waals surface area contributed by atoms with E-state index >= 15 is 0 Å². The molecular weight excluding hydrogens is 224 g/mol. The molecule has 0 unspecified atom stereocenters. The van der Waals surface area contributed by atoms with Gasteiger partial charge in [0.1, 0.15) is 6.17 Å². The number of fused-ring (bicyclic) bond motifs is 4. The first kappa shape index (κ1) is 10.6. The van der Waals surface area contributed by atoms with Crippen LogP contribution in [0.15, 0.2) is 24.3 Å². The first-order valence-corrected chi connectivity index (χ1v) is 7.00. The minimum atomic E-state index is 0.132. The summed E-state index contributed by atoms with van der Waals surface area (Å²) < 4.78 is 0.